The molecule has 0 N–H and O–H groups in total. The zero-order chi connectivity index (χ0) is 14.8. The second kappa shape index (κ2) is 5.83. The number of aromatic nitrogens is 1. The van der Waals surface area contributed by atoms with Gasteiger partial charge < -0.3 is 9.64 Å². The van der Waals surface area contributed by atoms with Gasteiger partial charge in [0.1, 0.15) is 5.60 Å². The van der Waals surface area contributed by atoms with Crippen LogP contribution in [0.4, 0.5) is 4.79 Å². The Morgan fingerprint density at radius 2 is 2.15 bits per heavy atom. The van der Waals surface area contributed by atoms with Crippen molar-refractivity contribution in [3.63, 3.8) is 0 Å². The molecule has 1 amide bonds. The third kappa shape index (κ3) is 3.97. The van der Waals surface area contributed by atoms with Crippen LogP contribution in [0.1, 0.15) is 32.8 Å². The maximum atomic E-state index is 12.0. The van der Waals surface area contributed by atoms with Crippen LogP contribution in [-0.4, -0.2) is 34.7 Å². The molecule has 108 valence electrons. The predicted molar refractivity (Wildman–Crippen MR) is 79.6 cm³/mol. The molecule has 0 aliphatic carbocycles. The maximum absolute atomic E-state index is 12.0. The van der Waals surface area contributed by atoms with E-state index in [1.807, 2.05) is 32.9 Å². The summed E-state index contributed by atoms with van der Waals surface area (Å²) < 4.78 is 5.36. The van der Waals surface area contributed by atoms with Gasteiger partial charge in [0, 0.05) is 25.5 Å². The van der Waals surface area contributed by atoms with E-state index in [0.29, 0.717) is 18.1 Å². The molecule has 2 rings (SSSR count). The molecule has 0 aromatic carbocycles. The summed E-state index contributed by atoms with van der Waals surface area (Å²) in [6.45, 7) is 6.80. The van der Waals surface area contributed by atoms with Crippen molar-refractivity contribution in [1.82, 2.24) is 9.88 Å². The van der Waals surface area contributed by atoms with Gasteiger partial charge >= 0.3 is 6.09 Å². The fraction of sp³-hybridized carbons (Fsp3) is 0.467. The number of nitrogens with zero attached hydrogens (tertiary/aromatic N) is 2. The Labute approximate surface area is 124 Å². The minimum atomic E-state index is -0.460. The number of carbonyl (C=O) groups is 1. The van der Waals surface area contributed by atoms with Crippen molar-refractivity contribution in [2.24, 2.45) is 0 Å². The molecule has 0 saturated heterocycles. The average molecular weight is 295 g/mol. The highest BCUT2D eigenvalue weighted by atomic mass is 35.5. The highest BCUT2D eigenvalue weighted by Crippen LogP contribution is 2.24. The molecule has 0 atom stereocenters. The Bertz CT molecular complexity index is 535. The Kier molecular flexibility index (Phi) is 4.33. The van der Waals surface area contributed by atoms with E-state index < -0.39 is 5.60 Å². The summed E-state index contributed by atoms with van der Waals surface area (Å²) in [7, 11) is 0. The first kappa shape index (κ1) is 14.9. The lowest BCUT2D eigenvalue weighted by molar-refractivity contribution is 0.0270. The number of carbonyl (C=O) groups excluding carboxylic acids is 1. The van der Waals surface area contributed by atoms with E-state index in [-0.39, 0.29) is 6.09 Å². The Morgan fingerprint density at radius 1 is 1.40 bits per heavy atom. The Morgan fingerprint density at radius 3 is 2.70 bits per heavy atom. The van der Waals surface area contributed by atoms with Crippen molar-refractivity contribution in [1.29, 1.82) is 0 Å². The number of rotatable bonds is 1. The molecule has 5 heteroatoms. The van der Waals surface area contributed by atoms with Crippen LogP contribution < -0.4 is 0 Å². The monoisotopic (exact) mass is 294 g/mol. The summed E-state index contributed by atoms with van der Waals surface area (Å²) in [6.07, 6.45) is 5.95. The smallest absolute Gasteiger partial charge is 0.410 e. The highest BCUT2D eigenvalue weighted by molar-refractivity contribution is 6.30. The molecule has 1 aliphatic rings. The second-order valence-corrected chi connectivity index (χ2v) is 6.23. The molecule has 1 aromatic rings. The molecule has 1 aromatic heterocycles. The molecule has 1 aliphatic heterocycles. The van der Waals surface area contributed by atoms with Gasteiger partial charge in [-0.1, -0.05) is 17.7 Å². The Hall–Kier alpha value is -1.55. The van der Waals surface area contributed by atoms with Crippen molar-refractivity contribution >= 4 is 23.3 Å². The van der Waals surface area contributed by atoms with Crippen LogP contribution in [0.3, 0.4) is 0 Å². The van der Waals surface area contributed by atoms with Crippen LogP contribution in [0.15, 0.2) is 24.5 Å². The number of ether oxygens (including phenoxy) is 1. The number of hydrogen-bond donors (Lipinski definition) is 0. The van der Waals surface area contributed by atoms with Crippen LogP contribution in [0.25, 0.3) is 5.57 Å². The summed E-state index contributed by atoms with van der Waals surface area (Å²) in [5.41, 5.74) is 1.72. The fourth-order valence-corrected chi connectivity index (χ4v) is 2.19. The van der Waals surface area contributed by atoms with Gasteiger partial charge in [-0.3, -0.25) is 4.98 Å². The van der Waals surface area contributed by atoms with Crippen molar-refractivity contribution in [3.8, 4) is 0 Å². The van der Waals surface area contributed by atoms with Crippen LogP contribution >= 0.6 is 11.6 Å². The average Bonchev–Trinajstić information content (AvgIpc) is 2.37. The molecular formula is C15H19ClN2O2. The van der Waals surface area contributed by atoms with E-state index in [2.05, 4.69) is 4.98 Å². The van der Waals surface area contributed by atoms with E-state index >= 15 is 0 Å². The Balaban J connectivity index is 2.02. The highest BCUT2D eigenvalue weighted by Gasteiger charge is 2.23. The molecule has 0 fully saturated rings. The topological polar surface area (TPSA) is 42.4 Å². The van der Waals surface area contributed by atoms with Crippen molar-refractivity contribution < 1.29 is 9.53 Å². The third-order valence-corrected chi connectivity index (χ3v) is 3.14. The number of hydrogen-bond acceptors (Lipinski definition) is 3. The van der Waals surface area contributed by atoms with Gasteiger partial charge in [-0.25, -0.2) is 4.79 Å². The molecular weight excluding hydrogens is 276 g/mol. The summed E-state index contributed by atoms with van der Waals surface area (Å²) in [5, 5.41) is 0.623. The second-order valence-electron chi connectivity index (χ2n) is 5.80. The minimum absolute atomic E-state index is 0.267. The van der Waals surface area contributed by atoms with Crippen molar-refractivity contribution in [2.45, 2.75) is 32.8 Å². The fourth-order valence-electron chi connectivity index (χ4n) is 2.01. The zero-order valence-corrected chi connectivity index (χ0v) is 12.8. The molecule has 0 saturated carbocycles. The molecule has 0 unspecified atom stereocenters. The van der Waals surface area contributed by atoms with E-state index in [1.54, 1.807) is 17.3 Å². The van der Waals surface area contributed by atoms with Crippen LogP contribution in [0, 0.1) is 0 Å². The van der Waals surface area contributed by atoms with Crippen molar-refractivity contribution in [3.05, 3.63) is 35.1 Å². The first-order chi connectivity index (χ1) is 9.35. The van der Waals surface area contributed by atoms with Gasteiger partial charge in [0.15, 0.2) is 0 Å². The quantitative estimate of drug-likeness (QED) is 0.792. The van der Waals surface area contributed by atoms with Gasteiger partial charge in [-0.2, -0.15) is 0 Å². The molecule has 0 radical (unpaired) electrons. The first-order valence-electron chi connectivity index (χ1n) is 6.63. The van der Waals surface area contributed by atoms with Gasteiger partial charge in [-0.15, -0.1) is 0 Å². The summed E-state index contributed by atoms with van der Waals surface area (Å²) in [5.74, 6) is 0. The van der Waals surface area contributed by atoms with Crippen molar-refractivity contribution in [2.75, 3.05) is 13.1 Å². The van der Waals surface area contributed by atoms with E-state index in [4.69, 9.17) is 16.3 Å². The molecule has 0 bridgehead atoms. The van der Waals surface area contributed by atoms with E-state index in [9.17, 15) is 4.79 Å². The van der Waals surface area contributed by atoms with E-state index in [0.717, 1.165) is 12.0 Å². The van der Waals surface area contributed by atoms with Crippen LogP contribution in [0.5, 0.6) is 0 Å². The number of amides is 1. The van der Waals surface area contributed by atoms with Gasteiger partial charge in [0.05, 0.1) is 5.02 Å². The van der Waals surface area contributed by atoms with Crippen LogP contribution in [0.2, 0.25) is 5.02 Å². The lowest BCUT2D eigenvalue weighted by atomic mass is 10.0. The summed E-state index contributed by atoms with van der Waals surface area (Å²) in [4.78, 5) is 17.7. The summed E-state index contributed by atoms with van der Waals surface area (Å²) >= 11 is 5.94. The van der Waals surface area contributed by atoms with Crippen LogP contribution in [-0.2, 0) is 4.74 Å². The standard InChI is InChI=1S/C15H19ClN2O2/c1-15(2,3)20-14(19)18-6-4-11(5-7-18)12-8-13(16)10-17-9-12/h4,8-10H,5-7H2,1-3H3. The molecule has 2 heterocycles. The normalized spacial score (nSPS) is 15.8. The predicted octanol–water partition coefficient (Wildman–Crippen LogP) is 3.76. The third-order valence-electron chi connectivity index (χ3n) is 2.94. The lowest BCUT2D eigenvalue weighted by Crippen LogP contribution is -2.39. The minimum Gasteiger partial charge on any atom is -0.444 e. The summed E-state index contributed by atoms with van der Waals surface area (Å²) in [6, 6.07) is 1.89. The molecule has 20 heavy (non-hydrogen) atoms. The van der Waals surface area contributed by atoms with Gasteiger partial charge in [0.25, 0.3) is 0 Å². The molecule has 0 spiro atoms. The first-order valence-corrected chi connectivity index (χ1v) is 7.01. The van der Waals surface area contributed by atoms with E-state index in [1.165, 1.54) is 5.57 Å². The number of pyridine rings is 1. The zero-order valence-electron chi connectivity index (χ0n) is 12.0. The molecule has 4 nitrogen and oxygen atoms in total. The lowest BCUT2D eigenvalue weighted by Gasteiger charge is -2.29. The SMILES string of the molecule is CC(C)(C)OC(=O)N1CC=C(c2cncc(Cl)c2)CC1. The maximum Gasteiger partial charge on any atom is 0.410 e. The van der Waals surface area contributed by atoms with Gasteiger partial charge in [0.2, 0.25) is 0 Å². The largest absolute Gasteiger partial charge is 0.444 e. The number of halogens is 1. The van der Waals surface area contributed by atoms with Gasteiger partial charge in [-0.05, 0) is 44.4 Å².